The second kappa shape index (κ2) is 5.12. The fraction of sp³-hybridized carbons (Fsp3) is 0.357. The van der Waals surface area contributed by atoms with Crippen molar-refractivity contribution in [1.82, 2.24) is 5.32 Å². The highest BCUT2D eigenvalue weighted by Gasteiger charge is 2.15. The molecule has 0 saturated carbocycles. The summed E-state index contributed by atoms with van der Waals surface area (Å²) in [6, 6.07) is 7.43. The number of para-hydroxylation sites is 1. The summed E-state index contributed by atoms with van der Waals surface area (Å²) in [4.78, 5) is 11.9. The molecule has 1 aromatic heterocycles. The zero-order chi connectivity index (χ0) is 13.1. The highest BCUT2D eigenvalue weighted by molar-refractivity contribution is 5.97. The molecule has 0 bridgehead atoms. The van der Waals surface area contributed by atoms with Crippen LogP contribution in [0.2, 0.25) is 0 Å². The van der Waals surface area contributed by atoms with Gasteiger partial charge in [0.1, 0.15) is 0 Å². The van der Waals surface area contributed by atoms with Crippen LogP contribution in [0.3, 0.4) is 0 Å². The molecule has 1 atom stereocenters. The van der Waals surface area contributed by atoms with Gasteiger partial charge in [0.15, 0.2) is 17.1 Å². The van der Waals surface area contributed by atoms with Crippen LogP contribution in [0.25, 0.3) is 11.0 Å². The zero-order valence-electron chi connectivity index (χ0n) is 10.8. The van der Waals surface area contributed by atoms with Crippen molar-refractivity contribution in [2.45, 2.75) is 26.3 Å². The van der Waals surface area contributed by atoms with Crippen LogP contribution in [0.4, 0.5) is 0 Å². The van der Waals surface area contributed by atoms with Crippen LogP contribution in [0.1, 0.15) is 30.8 Å². The van der Waals surface area contributed by atoms with E-state index in [0.717, 1.165) is 11.8 Å². The molecule has 0 saturated heterocycles. The minimum atomic E-state index is -0.192. The van der Waals surface area contributed by atoms with Gasteiger partial charge >= 0.3 is 0 Å². The number of methoxy groups -OCH3 is 1. The number of fused-ring (bicyclic) bond motifs is 1. The lowest BCUT2D eigenvalue weighted by Gasteiger charge is -2.09. The molecular formula is C14H17NO3. The van der Waals surface area contributed by atoms with E-state index in [1.807, 2.05) is 32.0 Å². The second-order valence-corrected chi connectivity index (χ2v) is 4.27. The molecule has 0 aliphatic rings. The van der Waals surface area contributed by atoms with Crippen molar-refractivity contribution < 1.29 is 13.9 Å². The third kappa shape index (κ3) is 2.32. The molecular weight excluding hydrogens is 230 g/mol. The van der Waals surface area contributed by atoms with E-state index in [0.29, 0.717) is 17.1 Å². The van der Waals surface area contributed by atoms with E-state index in [2.05, 4.69) is 5.32 Å². The minimum absolute atomic E-state index is 0.132. The quantitative estimate of drug-likeness (QED) is 0.903. The van der Waals surface area contributed by atoms with E-state index in [9.17, 15) is 4.79 Å². The van der Waals surface area contributed by atoms with Crippen LogP contribution in [-0.4, -0.2) is 19.1 Å². The van der Waals surface area contributed by atoms with Crippen LogP contribution in [0.15, 0.2) is 28.7 Å². The molecule has 0 spiro atoms. The van der Waals surface area contributed by atoms with Crippen molar-refractivity contribution in [2.75, 3.05) is 7.11 Å². The molecule has 0 aliphatic carbocycles. The summed E-state index contributed by atoms with van der Waals surface area (Å²) in [5, 5.41) is 3.74. The summed E-state index contributed by atoms with van der Waals surface area (Å²) in [7, 11) is 1.58. The molecule has 18 heavy (non-hydrogen) atoms. The number of hydrogen-bond donors (Lipinski definition) is 1. The van der Waals surface area contributed by atoms with Crippen LogP contribution in [0.5, 0.6) is 5.75 Å². The van der Waals surface area contributed by atoms with Gasteiger partial charge in [0.05, 0.1) is 7.11 Å². The smallest absolute Gasteiger partial charge is 0.287 e. The van der Waals surface area contributed by atoms with Gasteiger partial charge < -0.3 is 14.5 Å². The first kappa shape index (κ1) is 12.5. The number of furan rings is 1. The molecule has 4 heteroatoms. The van der Waals surface area contributed by atoms with Gasteiger partial charge in [0.25, 0.3) is 5.91 Å². The average molecular weight is 247 g/mol. The molecule has 1 amide bonds. The maximum Gasteiger partial charge on any atom is 0.287 e. The number of rotatable bonds is 4. The Hall–Kier alpha value is -1.97. The molecule has 0 unspecified atom stereocenters. The van der Waals surface area contributed by atoms with E-state index in [-0.39, 0.29) is 11.9 Å². The number of hydrogen-bond acceptors (Lipinski definition) is 3. The Morgan fingerprint density at radius 3 is 2.94 bits per heavy atom. The van der Waals surface area contributed by atoms with E-state index < -0.39 is 0 Å². The second-order valence-electron chi connectivity index (χ2n) is 4.27. The summed E-state index contributed by atoms with van der Waals surface area (Å²) in [6.07, 6.45) is 0.884. The topological polar surface area (TPSA) is 51.5 Å². The molecule has 4 nitrogen and oxygen atoms in total. The Labute approximate surface area is 106 Å². The monoisotopic (exact) mass is 247 g/mol. The highest BCUT2D eigenvalue weighted by Crippen LogP contribution is 2.28. The molecule has 2 rings (SSSR count). The van der Waals surface area contributed by atoms with Crippen LogP contribution >= 0.6 is 0 Å². The zero-order valence-corrected chi connectivity index (χ0v) is 10.8. The number of amides is 1. The van der Waals surface area contributed by atoms with Gasteiger partial charge in [-0.15, -0.1) is 0 Å². The lowest BCUT2D eigenvalue weighted by Crippen LogP contribution is -2.31. The van der Waals surface area contributed by atoms with Gasteiger partial charge in [0.2, 0.25) is 0 Å². The van der Waals surface area contributed by atoms with Crippen molar-refractivity contribution in [3.05, 3.63) is 30.0 Å². The standard InChI is InChI=1S/C14H17NO3/c1-4-9(2)15-14(16)12-8-10-6-5-7-11(17-3)13(10)18-12/h5-9H,4H2,1-3H3,(H,15,16)/t9-/m0/s1. The normalized spacial score (nSPS) is 12.4. The fourth-order valence-electron chi connectivity index (χ4n) is 1.71. The Morgan fingerprint density at radius 1 is 1.50 bits per heavy atom. The highest BCUT2D eigenvalue weighted by atomic mass is 16.5. The van der Waals surface area contributed by atoms with Crippen LogP contribution < -0.4 is 10.1 Å². The summed E-state index contributed by atoms with van der Waals surface area (Å²) in [5.41, 5.74) is 0.606. The van der Waals surface area contributed by atoms with E-state index >= 15 is 0 Å². The number of nitrogens with one attached hydrogen (secondary N) is 1. The van der Waals surface area contributed by atoms with Crippen molar-refractivity contribution in [1.29, 1.82) is 0 Å². The summed E-state index contributed by atoms with van der Waals surface area (Å²) in [5.74, 6) is 0.757. The van der Waals surface area contributed by atoms with Crippen molar-refractivity contribution in [3.8, 4) is 5.75 Å². The average Bonchev–Trinajstić information content (AvgIpc) is 2.82. The van der Waals surface area contributed by atoms with Gasteiger partial charge in [-0.05, 0) is 25.5 Å². The van der Waals surface area contributed by atoms with Crippen LogP contribution in [-0.2, 0) is 0 Å². The molecule has 0 aliphatic heterocycles. The molecule has 0 fully saturated rings. The molecule has 1 heterocycles. The Bertz CT molecular complexity index is 559. The van der Waals surface area contributed by atoms with E-state index in [4.69, 9.17) is 9.15 Å². The van der Waals surface area contributed by atoms with E-state index in [1.54, 1.807) is 13.2 Å². The first-order valence-electron chi connectivity index (χ1n) is 6.03. The first-order chi connectivity index (χ1) is 8.65. The number of carbonyl (C=O) groups is 1. The number of carbonyl (C=O) groups excluding carboxylic acids is 1. The molecule has 0 radical (unpaired) electrons. The predicted molar refractivity (Wildman–Crippen MR) is 70.0 cm³/mol. The van der Waals surface area contributed by atoms with Gasteiger partial charge in [-0.25, -0.2) is 0 Å². The third-order valence-corrected chi connectivity index (χ3v) is 2.94. The SMILES string of the molecule is CC[C@H](C)NC(=O)c1cc2cccc(OC)c2o1. The van der Waals surface area contributed by atoms with E-state index in [1.165, 1.54) is 0 Å². The summed E-state index contributed by atoms with van der Waals surface area (Å²) >= 11 is 0. The molecule has 2 aromatic rings. The van der Waals surface area contributed by atoms with Gasteiger partial charge in [-0.3, -0.25) is 4.79 Å². The van der Waals surface area contributed by atoms with Gasteiger partial charge in [-0.2, -0.15) is 0 Å². The largest absolute Gasteiger partial charge is 0.493 e. The van der Waals surface area contributed by atoms with Gasteiger partial charge in [0, 0.05) is 11.4 Å². The summed E-state index contributed by atoms with van der Waals surface area (Å²) in [6.45, 7) is 3.98. The molecule has 1 N–H and O–H groups in total. The lowest BCUT2D eigenvalue weighted by molar-refractivity contribution is 0.0913. The van der Waals surface area contributed by atoms with Crippen molar-refractivity contribution >= 4 is 16.9 Å². The number of benzene rings is 1. The lowest BCUT2D eigenvalue weighted by atomic mass is 10.2. The van der Waals surface area contributed by atoms with Crippen molar-refractivity contribution in [2.24, 2.45) is 0 Å². The van der Waals surface area contributed by atoms with Crippen molar-refractivity contribution in [3.63, 3.8) is 0 Å². The molecule has 1 aromatic carbocycles. The van der Waals surface area contributed by atoms with Gasteiger partial charge in [-0.1, -0.05) is 19.1 Å². The fourth-order valence-corrected chi connectivity index (χ4v) is 1.71. The Balaban J connectivity index is 2.32. The Morgan fingerprint density at radius 2 is 2.28 bits per heavy atom. The Kier molecular flexibility index (Phi) is 3.55. The summed E-state index contributed by atoms with van der Waals surface area (Å²) < 4.78 is 10.8. The predicted octanol–water partition coefficient (Wildman–Crippen LogP) is 2.97. The maximum atomic E-state index is 11.9. The third-order valence-electron chi connectivity index (χ3n) is 2.94. The maximum absolute atomic E-state index is 11.9. The first-order valence-corrected chi connectivity index (χ1v) is 6.03. The number of ether oxygens (including phenoxy) is 1. The minimum Gasteiger partial charge on any atom is -0.493 e. The molecule has 96 valence electrons. The van der Waals surface area contributed by atoms with Crippen LogP contribution in [0, 0.1) is 0 Å².